The minimum absolute atomic E-state index is 0.329. The molecule has 7 nitrogen and oxygen atoms in total. The molecule has 0 saturated heterocycles. The van der Waals surface area contributed by atoms with E-state index in [9.17, 15) is 9.59 Å². The van der Waals surface area contributed by atoms with Gasteiger partial charge in [0.25, 0.3) is 11.8 Å². The molecule has 0 saturated carbocycles. The summed E-state index contributed by atoms with van der Waals surface area (Å²) in [5, 5.41) is 0. The quantitative estimate of drug-likeness (QED) is 0.631. The van der Waals surface area contributed by atoms with Crippen LogP contribution in [0.3, 0.4) is 0 Å². The molecule has 0 aliphatic rings. The van der Waals surface area contributed by atoms with Gasteiger partial charge in [-0.3, -0.25) is 20.4 Å². The van der Waals surface area contributed by atoms with Gasteiger partial charge in [-0.05, 0) is 49.6 Å². The number of methoxy groups -OCH3 is 1. The summed E-state index contributed by atoms with van der Waals surface area (Å²) in [4.78, 5) is 24.5. The number of ether oxygens (including phenoxy) is 3. The second-order valence-electron chi connectivity index (χ2n) is 6.91. The maximum absolute atomic E-state index is 12.3. The number of carbonyl (C=O) groups excluding carboxylic acids is 2. The van der Waals surface area contributed by atoms with Gasteiger partial charge in [0.15, 0.2) is 17.6 Å². The zero-order chi connectivity index (χ0) is 21.2. The van der Waals surface area contributed by atoms with Gasteiger partial charge in [0, 0.05) is 5.56 Å². The highest BCUT2D eigenvalue weighted by Crippen LogP contribution is 2.28. The minimum Gasteiger partial charge on any atom is -0.493 e. The highest BCUT2D eigenvalue weighted by Gasteiger charge is 2.17. The summed E-state index contributed by atoms with van der Waals surface area (Å²) >= 11 is 0. The van der Waals surface area contributed by atoms with Crippen LogP contribution in [-0.2, 0) is 4.79 Å². The Bertz CT molecular complexity index is 808. The average Bonchev–Trinajstić information content (AvgIpc) is 2.72. The van der Waals surface area contributed by atoms with Crippen molar-refractivity contribution in [2.24, 2.45) is 5.92 Å². The van der Waals surface area contributed by atoms with Crippen LogP contribution in [0.15, 0.2) is 48.5 Å². The van der Waals surface area contributed by atoms with Crippen LogP contribution >= 0.6 is 0 Å². The maximum atomic E-state index is 12.3. The van der Waals surface area contributed by atoms with E-state index < -0.39 is 17.9 Å². The van der Waals surface area contributed by atoms with E-state index in [-0.39, 0.29) is 0 Å². The van der Waals surface area contributed by atoms with Gasteiger partial charge < -0.3 is 14.2 Å². The van der Waals surface area contributed by atoms with Crippen LogP contribution in [0.2, 0.25) is 0 Å². The predicted octanol–water partition coefficient (Wildman–Crippen LogP) is 3.35. The van der Waals surface area contributed by atoms with Crippen molar-refractivity contribution in [3.05, 3.63) is 54.1 Å². The number of benzene rings is 2. The zero-order valence-corrected chi connectivity index (χ0v) is 17.2. The predicted molar refractivity (Wildman–Crippen MR) is 110 cm³/mol. The number of nitrogens with one attached hydrogen (secondary N) is 2. The van der Waals surface area contributed by atoms with Gasteiger partial charge >= 0.3 is 0 Å². The summed E-state index contributed by atoms with van der Waals surface area (Å²) in [6.07, 6.45) is 0.143. The molecule has 0 aliphatic carbocycles. The normalized spacial score (nSPS) is 11.5. The lowest BCUT2D eigenvalue weighted by Gasteiger charge is -2.16. The van der Waals surface area contributed by atoms with E-state index in [0.29, 0.717) is 35.3 Å². The second kappa shape index (κ2) is 10.9. The molecule has 2 rings (SSSR count). The molecule has 0 aromatic heterocycles. The highest BCUT2D eigenvalue weighted by atomic mass is 16.5. The van der Waals surface area contributed by atoms with Crippen molar-refractivity contribution in [3.8, 4) is 17.2 Å². The van der Waals surface area contributed by atoms with Crippen LogP contribution in [0.25, 0.3) is 0 Å². The topological polar surface area (TPSA) is 85.9 Å². The molecule has 0 heterocycles. The lowest BCUT2D eigenvalue weighted by molar-refractivity contribution is -0.128. The van der Waals surface area contributed by atoms with Gasteiger partial charge in [-0.1, -0.05) is 32.0 Å². The lowest BCUT2D eigenvalue weighted by atomic mass is 10.1. The van der Waals surface area contributed by atoms with E-state index in [1.807, 2.05) is 18.2 Å². The van der Waals surface area contributed by atoms with Crippen molar-refractivity contribution in [3.63, 3.8) is 0 Å². The monoisotopic (exact) mass is 400 g/mol. The Labute approximate surface area is 171 Å². The lowest BCUT2D eigenvalue weighted by Crippen LogP contribution is -2.47. The Morgan fingerprint density at radius 2 is 1.69 bits per heavy atom. The van der Waals surface area contributed by atoms with Gasteiger partial charge in [0.1, 0.15) is 5.75 Å². The molecule has 0 radical (unpaired) electrons. The molecule has 2 aromatic rings. The third kappa shape index (κ3) is 7.03. The largest absolute Gasteiger partial charge is 0.493 e. The molecule has 2 aromatic carbocycles. The molecule has 1 unspecified atom stereocenters. The Morgan fingerprint density at radius 1 is 0.966 bits per heavy atom. The van der Waals surface area contributed by atoms with Crippen molar-refractivity contribution in [2.75, 3.05) is 13.7 Å². The molecule has 0 bridgehead atoms. The molecule has 0 aliphatic heterocycles. The molecule has 2 N–H and O–H groups in total. The van der Waals surface area contributed by atoms with Crippen molar-refractivity contribution >= 4 is 11.8 Å². The Morgan fingerprint density at radius 3 is 2.34 bits per heavy atom. The first-order valence-electron chi connectivity index (χ1n) is 9.53. The molecular formula is C22H28N2O5. The first-order valence-corrected chi connectivity index (χ1v) is 9.53. The van der Waals surface area contributed by atoms with Crippen LogP contribution < -0.4 is 25.1 Å². The van der Waals surface area contributed by atoms with E-state index >= 15 is 0 Å². The minimum atomic E-state index is -0.774. The number of hydrogen-bond donors (Lipinski definition) is 2. The van der Waals surface area contributed by atoms with Crippen molar-refractivity contribution in [1.82, 2.24) is 10.9 Å². The summed E-state index contributed by atoms with van der Waals surface area (Å²) < 4.78 is 16.5. The SMILES string of the molecule is COc1cc(C(=O)NNC(=O)C(C)Oc2ccccc2)ccc1OCCC(C)C. The highest BCUT2D eigenvalue weighted by molar-refractivity contribution is 5.96. The van der Waals surface area contributed by atoms with Crippen molar-refractivity contribution < 1.29 is 23.8 Å². The summed E-state index contributed by atoms with van der Waals surface area (Å²) in [7, 11) is 1.51. The molecule has 0 spiro atoms. The Balaban J connectivity index is 1.90. The number of para-hydroxylation sites is 1. The maximum Gasteiger partial charge on any atom is 0.279 e. The van der Waals surface area contributed by atoms with E-state index in [1.54, 1.807) is 37.3 Å². The molecule has 0 fully saturated rings. The summed E-state index contributed by atoms with van der Waals surface area (Å²) in [5.74, 6) is 1.18. The second-order valence-corrected chi connectivity index (χ2v) is 6.91. The number of rotatable bonds is 9. The van der Waals surface area contributed by atoms with Gasteiger partial charge in [0.05, 0.1) is 13.7 Å². The summed E-state index contributed by atoms with van der Waals surface area (Å²) in [6.45, 7) is 6.40. The van der Waals surface area contributed by atoms with Gasteiger partial charge in [-0.25, -0.2) is 0 Å². The number of hydrazine groups is 1. The standard InChI is InChI=1S/C22H28N2O5/c1-15(2)12-13-28-19-11-10-17(14-20(19)27-4)22(26)24-23-21(25)16(3)29-18-8-6-5-7-9-18/h5-11,14-16H,12-13H2,1-4H3,(H,23,25)(H,24,26). The van der Waals surface area contributed by atoms with E-state index in [1.165, 1.54) is 7.11 Å². The van der Waals surface area contributed by atoms with Crippen LogP contribution in [0.4, 0.5) is 0 Å². The molecule has 7 heteroatoms. The summed E-state index contributed by atoms with van der Waals surface area (Å²) in [6, 6.07) is 13.8. The molecule has 1 atom stereocenters. The average molecular weight is 400 g/mol. The van der Waals surface area contributed by atoms with Crippen LogP contribution in [0.1, 0.15) is 37.6 Å². The zero-order valence-electron chi connectivity index (χ0n) is 17.2. The van der Waals surface area contributed by atoms with Crippen molar-refractivity contribution in [2.45, 2.75) is 33.3 Å². The smallest absolute Gasteiger partial charge is 0.279 e. The summed E-state index contributed by atoms with van der Waals surface area (Å²) in [5.41, 5.74) is 5.07. The molecule has 29 heavy (non-hydrogen) atoms. The van der Waals surface area contributed by atoms with Gasteiger partial charge in [0.2, 0.25) is 0 Å². The number of carbonyl (C=O) groups is 2. The van der Waals surface area contributed by atoms with Crippen LogP contribution in [0.5, 0.6) is 17.2 Å². The molecular weight excluding hydrogens is 372 g/mol. The van der Waals surface area contributed by atoms with Gasteiger partial charge in [-0.15, -0.1) is 0 Å². The first-order chi connectivity index (χ1) is 13.9. The van der Waals surface area contributed by atoms with Crippen molar-refractivity contribution in [1.29, 1.82) is 0 Å². The van der Waals surface area contributed by atoms with Gasteiger partial charge in [-0.2, -0.15) is 0 Å². The fourth-order valence-electron chi connectivity index (χ4n) is 2.38. The Kier molecular flexibility index (Phi) is 8.33. The fourth-order valence-corrected chi connectivity index (χ4v) is 2.38. The number of amides is 2. The fraction of sp³-hybridized carbons (Fsp3) is 0.364. The number of hydrogen-bond acceptors (Lipinski definition) is 5. The molecule has 156 valence electrons. The van der Waals surface area contributed by atoms with E-state index in [4.69, 9.17) is 14.2 Å². The first kappa shape index (κ1) is 22.1. The van der Waals surface area contributed by atoms with Crippen LogP contribution in [0, 0.1) is 5.92 Å². The van der Waals surface area contributed by atoms with Crippen LogP contribution in [-0.4, -0.2) is 31.6 Å². The third-order valence-corrected chi connectivity index (χ3v) is 4.10. The third-order valence-electron chi connectivity index (χ3n) is 4.10. The Hall–Kier alpha value is -3.22. The van der Waals surface area contributed by atoms with E-state index in [0.717, 1.165) is 6.42 Å². The molecule has 2 amide bonds. The van der Waals surface area contributed by atoms with E-state index in [2.05, 4.69) is 24.7 Å².